The van der Waals surface area contributed by atoms with Gasteiger partial charge in [-0.25, -0.2) is 0 Å². The van der Waals surface area contributed by atoms with Crippen molar-refractivity contribution in [2.24, 2.45) is 0 Å². The van der Waals surface area contributed by atoms with Gasteiger partial charge >= 0.3 is 0 Å². The first kappa shape index (κ1) is 14.6. The van der Waals surface area contributed by atoms with E-state index in [4.69, 9.17) is 11.6 Å². The second-order valence-electron chi connectivity index (χ2n) is 5.24. The molecule has 0 saturated carbocycles. The van der Waals surface area contributed by atoms with Gasteiger partial charge in [0.15, 0.2) is 0 Å². The Bertz CT molecular complexity index is 745. The molecule has 2 aromatic rings. The van der Waals surface area contributed by atoms with Gasteiger partial charge in [0.2, 0.25) is 5.91 Å². The highest BCUT2D eigenvalue weighted by Crippen LogP contribution is 2.26. The van der Waals surface area contributed by atoms with Gasteiger partial charge in [-0.3, -0.25) is 9.59 Å². The molecule has 4 nitrogen and oxygen atoms in total. The van der Waals surface area contributed by atoms with Gasteiger partial charge in [-0.1, -0.05) is 41.9 Å². The molecule has 0 saturated heterocycles. The van der Waals surface area contributed by atoms with Crippen LogP contribution in [-0.4, -0.2) is 22.8 Å². The van der Waals surface area contributed by atoms with Crippen molar-refractivity contribution in [1.29, 1.82) is 0 Å². The molecule has 1 aliphatic heterocycles. The van der Waals surface area contributed by atoms with Crippen LogP contribution >= 0.6 is 11.6 Å². The van der Waals surface area contributed by atoms with Crippen molar-refractivity contribution in [3.63, 3.8) is 0 Å². The van der Waals surface area contributed by atoms with Crippen molar-refractivity contribution in [1.82, 2.24) is 4.90 Å². The minimum atomic E-state index is -0.573. The first-order valence-electron chi connectivity index (χ1n) is 7.02. The lowest BCUT2D eigenvalue weighted by Gasteiger charge is -2.23. The van der Waals surface area contributed by atoms with E-state index in [1.165, 1.54) is 0 Å². The van der Waals surface area contributed by atoms with Gasteiger partial charge in [-0.2, -0.15) is 0 Å². The van der Waals surface area contributed by atoms with Gasteiger partial charge in [0.25, 0.3) is 5.91 Å². The summed E-state index contributed by atoms with van der Waals surface area (Å²) in [5.74, 6) is -0.369. The lowest BCUT2D eigenvalue weighted by molar-refractivity contribution is -0.120. The van der Waals surface area contributed by atoms with Crippen molar-refractivity contribution in [3.8, 4) is 0 Å². The quantitative estimate of drug-likeness (QED) is 0.944. The molecule has 0 spiro atoms. The Morgan fingerprint density at radius 2 is 1.86 bits per heavy atom. The molecule has 22 heavy (non-hydrogen) atoms. The summed E-state index contributed by atoms with van der Waals surface area (Å²) in [7, 11) is 0. The molecule has 1 heterocycles. The minimum Gasteiger partial charge on any atom is -0.323 e. The molecule has 1 aliphatic rings. The number of benzene rings is 2. The van der Waals surface area contributed by atoms with Crippen molar-refractivity contribution in [2.45, 2.75) is 19.5 Å². The Balaban J connectivity index is 1.75. The molecule has 2 aromatic carbocycles. The number of carbonyl (C=O) groups is 2. The maximum Gasteiger partial charge on any atom is 0.255 e. The molecule has 0 unspecified atom stereocenters. The highest BCUT2D eigenvalue weighted by molar-refractivity contribution is 6.33. The molecule has 0 radical (unpaired) electrons. The number of fused-ring (bicyclic) bond motifs is 1. The number of hydrogen-bond acceptors (Lipinski definition) is 2. The summed E-state index contributed by atoms with van der Waals surface area (Å²) < 4.78 is 0. The van der Waals surface area contributed by atoms with Gasteiger partial charge in [0.05, 0.1) is 10.7 Å². The molecular weight excluding hydrogens is 300 g/mol. The zero-order valence-corrected chi connectivity index (χ0v) is 12.8. The van der Waals surface area contributed by atoms with Crippen LogP contribution in [0.15, 0.2) is 48.5 Å². The Labute approximate surface area is 133 Å². The standard InChI is InChI=1S/C17H15ClN2O2/c1-11(16(21)19-15-9-5-4-8-14(15)18)20-10-12-6-2-3-7-13(12)17(20)22/h2-9,11H,10H2,1H3,(H,19,21)/t11-/m1/s1. The lowest BCUT2D eigenvalue weighted by Crippen LogP contribution is -2.42. The number of rotatable bonds is 3. The fourth-order valence-electron chi connectivity index (χ4n) is 2.53. The van der Waals surface area contributed by atoms with E-state index >= 15 is 0 Å². The van der Waals surface area contributed by atoms with E-state index in [-0.39, 0.29) is 11.8 Å². The van der Waals surface area contributed by atoms with E-state index in [2.05, 4.69) is 5.32 Å². The first-order chi connectivity index (χ1) is 10.6. The largest absolute Gasteiger partial charge is 0.323 e. The van der Waals surface area contributed by atoms with Crippen LogP contribution < -0.4 is 5.32 Å². The Kier molecular flexibility index (Phi) is 3.86. The average molecular weight is 315 g/mol. The number of nitrogens with zero attached hydrogens (tertiary/aromatic N) is 1. The number of carbonyl (C=O) groups excluding carboxylic acids is 2. The number of para-hydroxylation sites is 1. The third-order valence-electron chi connectivity index (χ3n) is 3.83. The first-order valence-corrected chi connectivity index (χ1v) is 7.40. The molecule has 0 aromatic heterocycles. The number of nitrogens with one attached hydrogen (secondary N) is 1. The van der Waals surface area contributed by atoms with Crippen molar-refractivity contribution in [3.05, 3.63) is 64.7 Å². The molecule has 0 fully saturated rings. The second-order valence-corrected chi connectivity index (χ2v) is 5.64. The molecule has 2 amide bonds. The molecule has 112 valence electrons. The summed E-state index contributed by atoms with van der Waals surface area (Å²) >= 11 is 6.04. The van der Waals surface area contributed by atoms with E-state index in [0.29, 0.717) is 22.8 Å². The Morgan fingerprint density at radius 1 is 1.18 bits per heavy atom. The van der Waals surface area contributed by atoms with Crippen molar-refractivity contribution >= 4 is 29.1 Å². The zero-order chi connectivity index (χ0) is 15.7. The third-order valence-corrected chi connectivity index (χ3v) is 4.16. The summed E-state index contributed by atoms with van der Waals surface area (Å²) in [5.41, 5.74) is 2.16. The van der Waals surface area contributed by atoms with Gasteiger partial charge in [-0.05, 0) is 30.7 Å². The van der Waals surface area contributed by atoms with Gasteiger partial charge in [0.1, 0.15) is 6.04 Å². The highest BCUT2D eigenvalue weighted by atomic mass is 35.5. The van der Waals surface area contributed by atoms with Gasteiger partial charge < -0.3 is 10.2 Å². The van der Waals surface area contributed by atoms with Crippen LogP contribution in [0.4, 0.5) is 5.69 Å². The third kappa shape index (κ3) is 2.57. The van der Waals surface area contributed by atoms with Crippen LogP contribution in [0.25, 0.3) is 0 Å². The van der Waals surface area contributed by atoms with Crippen LogP contribution in [-0.2, 0) is 11.3 Å². The molecule has 0 bridgehead atoms. The van der Waals surface area contributed by atoms with Crippen LogP contribution in [0.1, 0.15) is 22.8 Å². The summed E-state index contributed by atoms with van der Waals surface area (Å²) in [4.78, 5) is 26.3. The van der Waals surface area contributed by atoms with E-state index in [0.717, 1.165) is 5.56 Å². The molecule has 5 heteroatoms. The zero-order valence-electron chi connectivity index (χ0n) is 12.0. The minimum absolute atomic E-state index is 0.114. The van der Waals surface area contributed by atoms with Gasteiger partial charge in [-0.15, -0.1) is 0 Å². The highest BCUT2D eigenvalue weighted by Gasteiger charge is 2.33. The number of amides is 2. The van der Waals surface area contributed by atoms with Gasteiger partial charge in [0, 0.05) is 12.1 Å². The summed E-state index contributed by atoms with van der Waals surface area (Å²) in [5, 5.41) is 3.24. The van der Waals surface area contributed by atoms with Crippen LogP contribution in [0.3, 0.4) is 0 Å². The lowest BCUT2D eigenvalue weighted by atomic mass is 10.1. The van der Waals surface area contributed by atoms with E-state index < -0.39 is 6.04 Å². The van der Waals surface area contributed by atoms with Crippen LogP contribution in [0, 0.1) is 0 Å². The monoisotopic (exact) mass is 314 g/mol. The smallest absolute Gasteiger partial charge is 0.255 e. The van der Waals surface area contributed by atoms with Crippen LogP contribution in [0.2, 0.25) is 5.02 Å². The molecule has 1 atom stereocenters. The fourth-order valence-corrected chi connectivity index (χ4v) is 2.71. The number of anilines is 1. The second kappa shape index (κ2) is 5.81. The van der Waals surface area contributed by atoms with E-state index in [1.54, 1.807) is 42.2 Å². The van der Waals surface area contributed by atoms with Crippen LogP contribution in [0.5, 0.6) is 0 Å². The van der Waals surface area contributed by atoms with E-state index in [9.17, 15) is 9.59 Å². The van der Waals surface area contributed by atoms with Crippen molar-refractivity contribution in [2.75, 3.05) is 5.32 Å². The van der Waals surface area contributed by atoms with Crippen molar-refractivity contribution < 1.29 is 9.59 Å². The normalized spacial score (nSPS) is 14.6. The summed E-state index contributed by atoms with van der Waals surface area (Å²) in [6.45, 7) is 2.17. The maximum absolute atomic E-state index is 12.4. The summed E-state index contributed by atoms with van der Waals surface area (Å²) in [6, 6.07) is 13.9. The topological polar surface area (TPSA) is 49.4 Å². The van der Waals surface area contributed by atoms with E-state index in [1.807, 2.05) is 18.2 Å². The number of hydrogen-bond donors (Lipinski definition) is 1. The molecule has 1 N–H and O–H groups in total. The summed E-state index contributed by atoms with van der Waals surface area (Å²) in [6.07, 6.45) is 0. The predicted molar refractivity (Wildman–Crippen MR) is 85.9 cm³/mol. The Hall–Kier alpha value is -2.33. The predicted octanol–water partition coefficient (Wildman–Crippen LogP) is 3.32. The average Bonchev–Trinajstić information content (AvgIpc) is 2.86. The maximum atomic E-state index is 12.4. The number of halogens is 1. The molecule has 3 rings (SSSR count). The fraction of sp³-hybridized carbons (Fsp3) is 0.176. The molecular formula is C17H15ClN2O2. The SMILES string of the molecule is C[C@H](C(=O)Nc1ccccc1Cl)N1Cc2ccccc2C1=O. The molecule has 0 aliphatic carbocycles. The Morgan fingerprint density at radius 3 is 2.59 bits per heavy atom.